The summed E-state index contributed by atoms with van der Waals surface area (Å²) in [4.78, 5) is 2.22. The van der Waals surface area contributed by atoms with Gasteiger partial charge in [-0.05, 0) is 57.7 Å². The summed E-state index contributed by atoms with van der Waals surface area (Å²) in [6.45, 7) is 4.28. The molecule has 1 aromatic rings. The van der Waals surface area contributed by atoms with Gasteiger partial charge in [0.2, 0.25) is 0 Å². The van der Waals surface area contributed by atoms with Crippen LogP contribution in [0.25, 0.3) is 0 Å². The summed E-state index contributed by atoms with van der Waals surface area (Å²) in [6, 6.07) is 8.67. The van der Waals surface area contributed by atoms with Crippen molar-refractivity contribution >= 4 is 11.6 Å². The van der Waals surface area contributed by atoms with Gasteiger partial charge in [0.1, 0.15) is 0 Å². The summed E-state index contributed by atoms with van der Waals surface area (Å²) < 4.78 is 0. The summed E-state index contributed by atoms with van der Waals surface area (Å²) in [5.74, 6) is 0. The smallest absolute Gasteiger partial charge is 0.0408 e. The van der Waals surface area contributed by atoms with Gasteiger partial charge in [-0.1, -0.05) is 30.7 Å². The zero-order chi connectivity index (χ0) is 12.7. The van der Waals surface area contributed by atoms with Crippen LogP contribution in [0.1, 0.15) is 18.9 Å². The van der Waals surface area contributed by atoms with E-state index in [0.29, 0.717) is 6.04 Å². The lowest BCUT2D eigenvalue weighted by Gasteiger charge is -2.20. The fourth-order valence-corrected chi connectivity index (χ4v) is 2.14. The van der Waals surface area contributed by atoms with Crippen molar-refractivity contribution in [2.24, 2.45) is 0 Å². The van der Waals surface area contributed by atoms with Crippen molar-refractivity contribution in [2.75, 3.05) is 27.2 Å². The van der Waals surface area contributed by atoms with Crippen LogP contribution < -0.4 is 5.32 Å². The van der Waals surface area contributed by atoms with Gasteiger partial charge >= 0.3 is 0 Å². The van der Waals surface area contributed by atoms with E-state index >= 15 is 0 Å². The molecule has 1 aromatic carbocycles. The molecule has 3 heteroatoms. The topological polar surface area (TPSA) is 15.3 Å². The van der Waals surface area contributed by atoms with Gasteiger partial charge in [-0.2, -0.15) is 0 Å². The molecule has 0 saturated heterocycles. The van der Waals surface area contributed by atoms with E-state index < -0.39 is 0 Å². The maximum absolute atomic E-state index is 6.00. The van der Waals surface area contributed by atoms with Crippen LogP contribution in [0.4, 0.5) is 0 Å². The van der Waals surface area contributed by atoms with Crippen LogP contribution in [0.3, 0.4) is 0 Å². The van der Waals surface area contributed by atoms with E-state index in [1.807, 2.05) is 12.1 Å². The van der Waals surface area contributed by atoms with Crippen LogP contribution in [-0.2, 0) is 6.42 Å². The average Bonchev–Trinajstić information content (AvgIpc) is 2.26. The second-order valence-corrected chi connectivity index (χ2v) is 5.12. The van der Waals surface area contributed by atoms with Gasteiger partial charge in [0.25, 0.3) is 0 Å². The van der Waals surface area contributed by atoms with Crippen molar-refractivity contribution in [3.8, 4) is 0 Å². The standard InChI is InChI=1S/C14H23ClN2/c1-4-16-14(8-9-17(2)3)11-12-6-5-7-13(15)10-12/h5-7,10,14,16H,4,8-9,11H2,1-3H3. The van der Waals surface area contributed by atoms with E-state index in [2.05, 4.69) is 43.4 Å². The molecule has 0 aliphatic rings. The lowest BCUT2D eigenvalue weighted by atomic mass is 10.0. The van der Waals surface area contributed by atoms with Gasteiger partial charge in [0, 0.05) is 11.1 Å². The molecule has 0 bridgehead atoms. The van der Waals surface area contributed by atoms with Gasteiger partial charge in [-0.25, -0.2) is 0 Å². The van der Waals surface area contributed by atoms with Crippen LogP contribution >= 0.6 is 11.6 Å². The zero-order valence-electron chi connectivity index (χ0n) is 11.0. The fraction of sp³-hybridized carbons (Fsp3) is 0.571. The number of benzene rings is 1. The van der Waals surface area contributed by atoms with E-state index in [9.17, 15) is 0 Å². The molecular weight excluding hydrogens is 232 g/mol. The SMILES string of the molecule is CCNC(CCN(C)C)Cc1cccc(Cl)c1. The highest BCUT2D eigenvalue weighted by Gasteiger charge is 2.08. The Labute approximate surface area is 110 Å². The molecule has 0 fully saturated rings. The summed E-state index contributed by atoms with van der Waals surface area (Å²) >= 11 is 6.00. The molecule has 1 atom stereocenters. The molecule has 0 aromatic heterocycles. The highest BCUT2D eigenvalue weighted by atomic mass is 35.5. The Bertz CT molecular complexity index is 326. The number of rotatable bonds is 7. The molecule has 1 N–H and O–H groups in total. The molecule has 0 aliphatic heterocycles. The summed E-state index contributed by atoms with van der Waals surface area (Å²) in [5.41, 5.74) is 1.31. The van der Waals surface area contributed by atoms with Gasteiger partial charge in [-0.3, -0.25) is 0 Å². The van der Waals surface area contributed by atoms with Crippen molar-refractivity contribution in [3.63, 3.8) is 0 Å². The second kappa shape index (κ2) is 7.70. The molecule has 2 nitrogen and oxygen atoms in total. The minimum absolute atomic E-state index is 0.529. The van der Waals surface area contributed by atoms with Gasteiger partial charge in [0.15, 0.2) is 0 Å². The van der Waals surface area contributed by atoms with Crippen LogP contribution in [0.2, 0.25) is 5.02 Å². The van der Waals surface area contributed by atoms with E-state index in [1.54, 1.807) is 0 Å². The summed E-state index contributed by atoms with van der Waals surface area (Å²) in [6.07, 6.45) is 2.20. The molecule has 1 unspecified atom stereocenters. The lowest BCUT2D eigenvalue weighted by molar-refractivity contribution is 0.358. The quantitative estimate of drug-likeness (QED) is 0.805. The maximum atomic E-state index is 6.00. The van der Waals surface area contributed by atoms with Gasteiger partial charge < -0.3 is 10.2 Å². The number of nitrogens with one attached hydrogen (secondary N) is 1. The number of halogens is 1. The Morgan fingerprint density at radius 3 is 2.71 bits per heavy atom. The average molecular weight is 255 g/mol. The van der Waals surface area contributed by atoms with Crippen molar-refractivity contribution < 1.29 is 0 Å². The first-order chi connectivity index (χ1) is 8.11. The van der Waals surface area contributed by atoms with E-state index in [4.69, 9.17) is 11.6 Å². The molecular formula is C14H23ClN2. The molecule has 1 rings (SSSR count). The minimum Gasteiger partial charge on any atom is -0.314 e. The van der Waals surface area contributed by atoms with E-state index in [1.165, 1.54) is 5.56 Å². The number of hydrogen-bond donors (Lipinski definition) is 1. The normalized spacial score (nSPS) is 13.0. The molecule has 96 valence electrons. The summed E-state index contributed by atoms with van der Waals surface area (Å²) in [7, 11) is 4.23. The van der Waals surface area contributed by atoms with Crippen LogP contribution in [0.15, 0.2) is 24.3 Å². The molecule has 0 saturated carbocycles. The number of hydrogen-bond acceptors (Lipinski definition) is 2. The third-order valence-electron chi connectivity index (χ3n) is 2.79. The largest absolute Gasteiger partial charge is 0.314 e. The first-order valence-corrected chi connectivity index (χ1v) is 6.62. The van der Waals surface area contributed by atoms with Crippen molar-refractivity contribution in [2.45, 2.75) is 25.8 Å². The fourth-order valence-electron chi connectivity index (χ4n) is 1.93. The number of nitrogens with zero attached hydrogens (tertiary/aromatic N) is 1. The van der Waals surface area contributed by atoms with E-state index in [0.717, 1.165) is 31.0 Å². The molecule has 0 spiro atoms. The monoisotopic (exact) mass is 254 g/mol. The van der Waals surface area contributed by atoms with Crippen LogP contribution in [0.5, 0.6) is 0 Å². The molecule has 0 heterocycles. The molecule has 0 aliphatic carbocycles. The minimum atomic E-state index is 0.529. The highest BCUT2D eigenvalue weighted by Crippen LogP contribution is 2.13. The lowest BCUT2D eigenvalue weighted by Crippen LogP contribution is -2.34. The highest BCUT2D eigenvalue weighted by molar-refractivity contribution is 6.30. The van der Waals surface area contributed by atoms with Crippen LogP contribution in [-0.4, -0.2) is 38.1 Å². The zero-order valence-corrected chi connectivity index (χ0v) is 11.8. The maximum Gasteiger partial charge on any atom is 0.0408 e. The Morgan fingerprint density at radius 1 is 1.35 bits per heavy atom. The molecule has 0 radical (unpaired) electrons. The third kappa shape index (κ3) is 6.06. The number of likely N-dealkylation sites (N-methyl/N-ethyl adjacent to an activating group) is 1. The van der Waals surface area contributed by atoms with Crippen molar-refractivity contribution in [1.82, 2.24) is 10.2 Å². The Morgan fingerprint density at radius 2 is 2.12 bits per heavy atom. The third-order valence-corrected chi connectivity index (χ3v) is 3.02. The second-order valence-electron chi connectivity index (χ2n) is 4.68. The Balaban J connectivity index is 2.53. The first kappa shape index (κ1) is 14.5. The van der Waals surface area contributed by atoms with Crippen molar-refractivity contribution in [1.29, 1.82) is 0 Å². The van der Waals surface area contributed by atoms with Crippen LogP contribution in [0, 0.1) is 0 Å². The van der Waals surface area contributed by atoms with Gasteiger partial charge in [-0.15, -0.1) is 0 Å². The summed E-state index contributed by atoms with van der Waals surface area (Å²) in [5, 5.41) is 4.36. The molecule has 0 amide bonds. The van der Waals surface area contributed by atoms with Crippen molar-refractivity contribution in [3.05, 3.63) is 34.9 Å². The Hall–Kier alpha value is -0.570. The predicted molar refractivity (Wildman–Crippen MR) is 75.8 cm³/mol. The van der Waals surface area contributed by atoms with Gasteiger partial charge in [0.05, 0.1) is 0 Å². The molecule has 17 heavy (non-hydrogen) atoms. The van der Waals surface area contributed by atoms with E-state index in [-0.39, 0.29) is 0 Å². The Kier molecular flexibility index (Phi) is 6.56. The predicted octanol–water partition coefficient (Wildman–Crippen LogP) is 2.81. The first-order valence-electron chi connectivity index (χ1n) is 6.24.